The van der Waals surface area contributed by atoms with E-state index in [0.717, 1.165) is 10.2 Å². The second kappa shape index (κ2) is 4.35. The van der Waals surface area contributed by atoms with Gasteiger partial charge in [0.2, 0.25) is 0 Å². The van der Waals surface area contributed by atoms with Gasteiger partial charge in [0.1, 0.15) is 5.75 Å². The number of methoxy groups -OCH3 is 1. The summed E-state index contributed by atoms with van der Waals surface area (Å²) in [6, 6.07) is 6.18. The number of ether oxygens (including phenoxy) is 2. The molecule has 1 unspecified atom stereocenters. The lowest BCUT2D eigenvalue weighted by molar-refractivity contribution is -0.0702. The zero-order valence-electron chi connectivity index (χ0n) is 9.50. The van der Waals surface area contributed by atoms with Crippen LogP contribution in [0.3, 0.4) is 0 Å². The maximum absolute atomic E-state index is 6.06. The van der Waals surface area contributed by atoms with Crippen LogP contribution in [0, 0.1) is 0 Å². The molecule has 0 bridgehead atoms. The van der Waals surface area contributed by atoms with Gasteiger partial charge in [-0.05, 0) is 40.5 Å². The van der Waals surface area contributed by atoms with Crippen molar-refractivity contribution in [2.75, 3.05) is 20.3 Å². The zero-order valence-corrected chi connectivity index (χ0v) is 11.1. The Balaban J connectivity index is 2.37. The van der Waals surface area contributed by atoms with Crippen LogP contribution >= 0.6 is 15.9 Å². The average Bonchev–Trinajstić information content (AvgIpc) is 2.15. The van der Waals surface area contributed by atoms with Crippen molar-refractivity contribution >= 4 is 15.9 Å². The highest BCUT2D eigenvalue weighted by molar-refractivity contribution is 9.10. The van der Waals surface area contributed by atoms with Crippen molar-refractivity contribution in [1.82, 2.24) is 0 Å². The average molecular weight is 286 g/mol. The lowest BCUT2D eigenvalue weighted by atomic mass is 9.73. The molecule has 0 spiro atoms. The Morgan fingerprint density at radius 2 is 2.19 bits per heavy atom. The van der Waals surface area contributed by atoms with Crippen molar-refractivity contribution in [3.05, 3.63) is 28.2 Å². The van der Waals surface area contributed by atoms with Crippen LogP contribution < -0.4 is 10.5 Å². The largest absolute Gasteiger partial charge is 0.496 e. The van der Waals surface area contributed by atoms with Gasteiger partial charge in [0.05, 0.1) is 30.2 Å². The normalized spacial score (nSPS) is 20.0. The predicted molar refractivity (Wildman–Crippen MR) is 66.8 cm³/mol. The van der Waals surface area contributed by atoms with Gasteiger partial charge in [-0.2, -0.15) is 0 Å². The second-order valence-electron chi connectivity index (χ2n) is 4.29. The molecule has 0 aliphatic carbocycles. The van der Waals surface area contributed by atoms with Crippen LogP contribution in [-0.2, 0) is 10.2 Å². The van der Waals surface area contributed by atoms with Crippen LogP contribution in [0.25, 0.3) is 0 Å². The highest BCUT2D eigenvalue weighted by Gasteiger charge is 2.43. The number of halogens is 1. The quantitative estimate of drug-likeness (QED) is 0.925. The van der Waals surface area contributed by atoms with E-state index < -0.39 is 0 Å². The molecule has 1 atom stereocenters. The van der Waals surface area contributed by atoms with E-state index >= 15 is 0 Å². The summed E-state index contributed by atoms with van der Waals surface area (Å²) in [6.07, 6.45) is 0. The van der Waals surface area contributed by atoms with Gasteiger partial charge < -0.3 is 15.2 Å². The van der Waals surface area contributed by atoms with E-state index in [0.29, 0.717) is 13.2 Å². The molecule has 16 heavy (non-hydrogen) atoms. The Morgan fingerprint density at radius 3 is 2.56 bits per heavy atom. The minimum Gasteiger partial charge on any atom is -0.496 e. The fraction of sp³-hybridized carbons (Fsp3) is 0.500. The molecule has 1 aromatic carbocycles. The van der Waals surface area contributed by atoms with E-state index in [9.17, 15) is 0 Å². The van der Waals surface area contributed by atoms with E-state index in [1.54, 1.807) is 7.11 Å². The lowest BCUT2D eigenvalue weighted by Crippen LogP contribution is -2.57. The molecule has 4 heteroatoms. The fourth-order valence-electron chi connectivity index (χ4n) is 1.99. The number of nitrogens with two attached hydrogens (primary N) is 1. The molecule has 0 saturated carbocycles. The van der Waals surface area contributed by atoms with Gasteiger partial charge >= 0.3 is 0 Å². The highest BCUT2D eigenvalue weighted by Crippen LogP contribution is 2.38. The Morgan fingerprint density at radius 1 is 1.50 bits per heavy atom. The molecule has 1 aliphatic heterocycles. The van der Waals surface area contributed by atoms with Crippen LogP contribution in [-0.4, -0.2) is 26.4 Å². The summed E-state index contributed by atoms with van der Waals surface area (Å²) in [5, 5.41) is 0. The second-order valence-corrected chi connectivity index (χ2v) is 5.14. The van der Waals surface area contributed by atoms with E-state index in [1.807, 2.05) is 13.0 Å². The first kappa shape index (κ1) is 11.9. The maximum Gasteiger partial charge on any atom is 0.133 e. The van der Waals surface area contributed by atoms with E-state index in [-0.39, 0.29) is 11.5 Å². The third-order valence-corrected chi connectivity index (χ3v) is 3.94. The third-order valence-electron chi connectivity index (χ3n) is 3.32. The molecule has 0 aromatic heterocycles. The van der Waals surface area contributed by atoms with Crippen molar-refractivity contribution in [1.29, 1.82) is 0 Å². The lowest BCUT2D eigenvalue weighted by Gasteiger charge is -2.45. The molecular weight excluding hydrogens is 270 g/mol. The first-order valence-corrected chi connectivity index (χ1v) is 6.07. The van der Waals surface area contributed by atoms with E-state index in [1.165, 1.54) is 5.56 Å². The molecule has 1 heterocycles. The highest BCUT2D eigenvalue weighted by atomic mass is 79.9. The van der Waals surface area contributed by atoms with Crippen molar-refractivity contribution in [2.45, 2.75) is 18.4 Å². The van der Waals surface area contributed by atoms with Gasteiger partial charge in [0, 0.05) is 6.04 Å². The van der Waals surface area contributed by atoms with Crippen molar-refractivity contribution in [3.8, 4) is 5.75 Å². The van der Waals surface area contributed by atoms with Gasteiger partial charge in [-0.25, -0.2) is 0 Å². The third kappa shape index (κ3) is 1.75. The minimum absolute atomic E-state index is 0.0329. The molecule has 1 fully saturated rings. The first-order chi connectivity index (χ1) is 7.60. The zero-order chi connectivity index (χ0) is 11.8. The summed E-state index contributed by atoms with van der Waals surface area (Å²) in [5.74, 6) is 0.837. The molecule has 0 amide bonds. The van der Waals surface area contributed by atoms with Gasteiger partial charge in [0.25, 0.3) is 0 Å². The standard InChI is InChI=1S/C12H16BrNO2/c1-8(14)12(6-16-7-12)9-3-4-11(15-2)10(13)5-9/h3-5,8H,6-7,14H2,1-2H3. The fourth-order valence-corrected chi connectivity index (χ4v) is 2.53. The summed E-state index contributed by atoms with van der Waals surface area (Å²) < 4.78 is 11.5. The van der Waals surface area contributed by atoms with Crippen molar-refractivity contribution in [2.24, 2.45) is 5.73 Å². The number of benzene rings is 1. The Labute approximate surface area is 104 Å². The number of hydrogen-bond donors (Lipinski definition) is 1. The summed E-state index contributed by atoms with van der Waals surface area (Å²) in [5.41, 5.74) is 7.24. The summed E-state index contributed by atoms with van der Waals surface area (Å²) in [6.45, 7) is 3.42. The molecule has 1 aromatic rings. The monoisotopic (exact) mass is 285 g/mol. The van der Waals surface area contributed by atoms with Gasteiger partial charge in [-0.1, -0.05) is 6.07 Å². The van der Waals surface area contributed by atoms with Crippen LogP contribution in [0.2, 0.25) is 0 Å². The smallest absolute Gasteiger partial charge is 0.133 e. The van der Waals surface area contributed by atoms with Gasteiger partial charge in [-0.3, -0.25) is 0 Å². The van der Waals surface area contributed by atoms with Crippen LogP contribution in [0.4, 0.5) is 0 Å². The SMILES string of the molecule is COc1ccc(C2(C(C)N)COC2)cc1Br. The Hall–Kier alpha value is -0.580. The number of hydrogen-bond acceptors (Lipinski definition) is 3. The first-order valence-electron chi connectivity index (χ1n) is 5.27. The molecule has 2 rings (SSSR count). The van der Waals surface area contributed by atoms with Crippen molar-refractivity contribution in [3.63, 3.8) is 0 Å². The molecule has 88 valence electrons. The topological polar surface area (TPSA) is 44.5 Å². The Bertz CT molecular complexity index is 389. The summed E-state index contributed by atoms with van der Waals surface area (Å²) >= 11 is 3.50. The van der Waals surface area contributed by atoms with Crippen LogP contribution in [0.15, 0.2) is 22.7 Å². The predicted octanol–water partition coefficient (Wildman–Crippen LogP) is 2.07. The van der Waals surface area contributed by atoms with Crippen LogP contribution in [0.1, 0.15) is 12.5 Å². The molecule has 0 radical (unpaired) electrons. The Kier molecular flexibility index (Phi) is 3.24. The van der Waals surface area contributed by atoms with Gasteiger partial charge in [0.15, 0.2) is 0 Å². The molecule has 2 N–H and O–H groups in total. The van der Waals surface area contributed by atoms with Gasteiger partial charge in [-0.15, -0.1) is 0 Å². The summed E-state index contributed by atoms with van der Waals surface area (Å²) in [7, 11) is 1.66. The van der Waals surface area contributed by atoms with E-state index in [4.69, 9.17) is 15.2 Å². The molecule has 1 aliphatic rings. The summed E-state index contributed by atoms with van der Waals surface area (Å²) in [4.78, 5) is 0. The number of rotatable bonds is 3. The van der Waals surface area contributed by atoms with Crippen molar-refractivity contribution < 1.29 is 9.47 Å². The minimum atomic E-state index is -0.0329. The molecule has 1 saturated heterocycles. The molecular formula is C12H16BrNO2. The van der Waals surface area contributed by atoms with E-state index in [2.05, 4.69) is 28.1 Å². The molecule has 3 nitrogen and oxygen atoms in total. The van der Waals surface area contributed by atoms with Crippen LogP contribution in [0.5, 0.6) is 5.75 Å². The maximum atomic E-state index is 6.06.